The van der Waals surface area contributed by atoms with Gasteiger partial charge in [-0.05, 0) is 59.7 Å². The fourth-order valence-corrected chi connectivity index (χ4v) is 3.74. The van der Waals surface area contributed by atoms with Gasteiger partial charge in [0.1, 0.15) is 17.3 Å². The van der Waals surface area contributed by atoms with Crippen LogP contribution in [0.1, 0.15) is 21.5 Å². The molecule has 0 bridgehead atoms. The molecule has 0 amide bonds. The van der Waals surface area contributed by atoms with Crippen molar-refractivity contribution in [2.75, 3.05) is 0 Å². The second kappa shape index (κ2) is 6.16. The first-order chi connectivity index (χ1) is 13.6. The minimum atomic E-state index is -1.08. The Bertz CT molecular complexity index is 1250. The Morgan fingerprint density at radius 2 is 1.82 bits per heavy atom. The van der Waals surface area contributed by atoms with Gasteiger partial charge in [0.15, 0.2) is 0 Å². The van der Waals surface area contributed by atoms with Crippen LogP contribution < -0.4 is 4.74 Å². The highest BCUT2D eigenvalue weighted by Crippen LogP contribution is 2.41. The highest BCUT2D eigenvalue weighted by Gasteiger charge is 2.28. The number of carbonyl (C=O) groups is 1. The lowest BCUT2D eigenvalue weighted by atomic mass is 10.0. The molecule has 4 nitrogen and oxygen atoms in total. The third-order valence-corrected chi connectivity index (χ3v) is 4.94. The molecule has 136 valence electrons. The van der Waals surface area contributed by atoms with Crippen LogP contribution >= 0.6 is 0 Å². The molecule has 1 aromatic heterocycles. The summed E-state index contributed by atoms with van der Waals surface area (Å²) in [6, 6.07) is 19.1. The first kappa shape index (κ1) is 16.4. The molecule has 0 aliphatic heterocycles. The van der Waals surface area contributed by atoms with E-state index in [1.54, 1.807) is 0 Å². The summed E-state index contributed by atoms with van der Waals surface area (Å²) in [4.78, 5) is 16.6. The van der Waals surface area contributed by atoms with Gasteiger partial charge in [0.05, 0.1) is 16.8 Å². The van der Waals surface area contributed by atoms with Crippen molar-refractivity contribution in [1.82, 2.24) is 4.98 Å². The van der Waals surface area contributed by atoms with Crippen molar-refractivity contribution in [3.8, 4) is 22.8 Å². The number of pyridine rings is 1. The highest BCUT2D eigenvalue weighted by molar-refractivity contribution is 6.06. The van der Waals surface area contributed by atoms with Crippen LogP contribution in [0.25, 0.3) is 22.2 Å². The summed E-state index contributed by atoms with van der Waals surface area (Å²) in [5.74, 6) is -0.164. The fourth-order valence-electron chi connectivity index (χ4n) is 3.74. The van der Waals surface area contributed by atoms with E-state index in [0.717, 1.165) is 16.9 Å². The van der Waals surface area contributed by atoms with E-state index >= 15 is 0 Å². The molecule has 0 atom stereocenters. The molecule has 0 unspecified atom stereocenters. The van der Waals surface area contributed by atoms with Crippen LogP contribution in [0.5, 0.6) is 11.5 Å². The van der Waals surface area contributed by atoms with Gasteiger partial charge in [-0.2, -0.15) is 0 Å². The van der Waals surface area contributed by atoms with Gasteiger partial charge in [-0.1, -0.05) is 18.2 Å². The van der Waals surface area contributed by atoms with Crippen molar-refractivity contribution in [3.63, 3.8) is 0 Å². The number of para-hydroxylation sites is 1. The molecule has 0 fully saturated rings. The number of aromatic nitrogens is 1. The molecule has 4 aromatic rings. The predicted octanol–water partition coefficient (Wildman–Crippen LogP) is 5.44. The number of fused-ring (bicyclic) bond motifs is 4. The molecule has 1 aliphatic carbocycles. The first-order valence-corrected chi connectivity index (χ1v) is 8.82. The minimum absolute atomic E-state index is 0.112. The fraction of sp³-hybridized carbons (Fsp3) is 0.0435. The smallest absolute Gasteiger partial charge is 0.336 e. The topological polar surface area (TPSA) is 59.4 Å². The number of ether oxygens (including phenoxy) is 1. The van der Waals surface area contributed by atoms with Crippen molar-refractivity contribution >= 4 is 16.9 Å². The molecule has 3 aromatic carbocycles. The van der Waals surface area contributed by atoms with Gasteiger partial charge in [0, 0.05) is 17.4 Å². The van der Waals surface area contributed by atoms with Crippen LogP contribution in [0.4, 0.5) is 4.39 Å². The maximum atomic E-state index is 13.7. The maximum Gasteiger partial charge on any atom is 0.336 e. The molecule has 0 radical (unpaired) electrons. The number of halogens is 1. The number of benzene rings is 3. The quantitative estimate of drug-likeness (QED) is 0.459. The Morgan fingerprint density at radius 3 is 2.61 bits per heavy atom. The van der Waals surface area contributed by atoms with Gasteiger partial charge in [0.2, 0.25) is 0 Å². The summed E-state index contributed by atoms with van der Waals surface area (Å²) in [5, 5.41) is 10.1. The number of carboxylic acids is 1. The zero-order valence-corrected chi connectivity index (χ0v) is 14.6. The molecule has 1 aliphatic rings. The standard InChI is InChI=1S/C23H14FNO3/c24-14-6-9-20-18(12-14)21(23(26)27)19-11-13-10-16(7-8-17(13)22(19)25-20)28-15-4-2-1-3-5-15/h1-10,12H,11H2,(H,26,27). The van der Waals surface area contributed by atoms with Crippen molar-refractivity contribution in [2.45, 2.75) is 6.42 Å². The summed E-state index contributed by atoms with van der Waals surface area (Å²) < 4.78 is 19.6. The number of hydrogen-bond acceptors (Lipinski definition) is 3. The zero-order chi connectivity index (χ0) is 19.3. The monoisotopic (exact) mass is 371 g/mol. The average Bonchev–Trinajstić information content (AvgIpc) is 3.03. The van der Waals surface area contributed by atoms with E-state index in [2.05, 4.69) is 4.98 Å². The van der Waals surface area contributed by atoms with E-state index < -0.39 is 11.8 Å². The van der Waals surface area contributed by atoms with Gasteiger partial charge in [-0.25, -0.2) is 14.2 Å². The Kier molecular flexibility index (Phi) is 3.62. The van der Waals surface area contributed by atoms with Crippen molar-refractivity contribution in [1.29, 1.82) is 0 Å². The van der Waals surface area contributed by atoms with Gasteiger partial charge < -0.3 is 9.84 Å². The number of hydrogen-bond donors (Lipinski definition) is 1. The van der Waals surface area contributed by atoms with Gasteiger partial charge in [0.25, 0.3) is 0 Å². The van der Waals surface area contributed by atoms with Crippen molar-refractivity contribution < 1.29 is 19.0 Å². The Labute approximate surface area is 159 Å². The van der Waals surface area contributed by atoms with E-state index in [0.29, 0.717) is 34.3 Å². The maximum absolute atomic E-state index is 13.7. The van der Waals surface area contributed by atoms with Crippen LogP contribution in [-0.2, 0) is 6.42 Å². The summed E-state index contributed by atoms with van der Waals surface area (Å²) in [7, 11) is 0. The van der Waals surface area contributed by atoms with Crippen LogP contribution in [-0.4, -0.2) is 16.1 Å². The van der Waals surface area contributed by atoms with Crippen LogP contribution in [0.15, 0.2) is 66.7 Å². The van der Waals surface area contributed by atoms with E-state index in [4.69, 9.17) is 4.74 Å². The third-order valence-electron chi connectivity index (χ3n) is 4.94. The SMILES string of the molecule is O=C(O)c1c2c(nc3ccc(F)cc13)-c1ccc(Oc3ccccc3)cc1C2. The Balaban J connectivity index is 1.64. The lowest BCUT2D eigenvalue weighted by Gasteiger charge is -2.09. The first-order valence-electron chi connectivity index (χ1n) is 8.82. The van der Waals surface area contributed by atoms with Crippen LogP contribution in [0.2, 0.25) is 0 Å². The molecular weight excluding hydrogens is 357 g/mol. The zero-order valence-electron chi connectivity index (χ0n) is 14.6. The number of aromatic carboxylic acids is 1. The van der Waals surface area contributed by atoms with E-state index in [-0.39, 0.29) is 5.56 Å². The number of carboxylic acid groups (broad SMARTS) is 1. The van der Waals surface area contributed by atoms with Gasteiger partial charge in [-0.3, -0.25) is 0 Å². The molecule has 0 spiro atoms. The molecule has 0 saturated carbocycles. The van der Waals surface area contributed by atoms with Crippen molar-refractivity contribution in [3.05, 3.63) is 89.2 Å². The largest absolute Gasteiger partial charge is 0.478 e. The number of nitrogens with zero attached hydrogens (tertiary/aromatic N) is 1. The molecule has 1 N–H and O–H groups in total. The normalized spacial score (nSPS) is 11.9. The van der Waals surface area contributed by atoms with Crippen LogP contribution in [0.3, 0.4) is 0 Å². The Hall–Kier alpha value is -3.73. The summed E-state index contributed by atoms with van der Waals surface area (Å²) in [6.45, 7) is 0. The lowest BCUT2D eigenvalue weighted by molar-refractivity contribution is 0.0698. The molecule has 1 heterocycles. The van der Waals surface area contributed by atoms with Gasteiger partial charge >= 0.3 is 5.97 Å². The molecule has 28 heavy (non-hydrogen) atoms. The minimum Gasteiger partial charge on any atom is -0.478 e. The number of rotatable bonds is 3. The van der Waals surface area contributed by atoms with Crippen LogP contribution in [0, 0.1) is 5.82 Å². The molecular formula is C23H14FNO3. The third kappa shape index (κ3) is 2.60. The van der Waals surface area contributed by atoms with Crippen molar-refractivity contribution in [2.24, 2.45) is 0 Å². The molecule has 5 rings (SSSR count). The molecule has 0 saturated heterocycles. The summed E-state index contributed by atoms with van der Waals surface area (Å²) in [6.07, 6.45) is 0.414. The highest BCUT2D eigenvalue weighted by atomic mass is 19.1. The van der Waals surface area contributed by atoms with Gasteiger partial charge in [-0.15, -0.1) is 0 Å². The second-order valence-corrected chi connectivity index (χ2v) is 6.69. The molecule has 5 heteroatoms. The summed E-state index contributed by atoms with van der Waals surface area (Å²) >= 11 is 0. The second-order valence-electron chi connectivity index (χ2n) is 6.69. The predicted molar refractivity (Wildman–Crippen MR) is 103 cm³/mol. The van der Waals surface area contributed by atoms with E-state index in [9.17, 15) is 14.3 Å². The summed E-state index contributed by atoms with van der Waals surface area (Å²) in [5.41, 5.74) is 3.64. The average molecular weight is 371 g/mol. The van der Waals surface area contributed by atoms with E-state index in [1.807, 2.05) is 48.5 Å². The van der Waals surface area contributed by atoms with E-state index in [1.165, 1.54) is 18.2 Å². The Morgan fingerprint density at radius 1 is 1.00 bits per heavy atom. The lowest BCUT2D eigenvalue weighted by Crippen LogP contribution is -2.05.